The zero-order valence-corrected chi connectivity index (χ0v) is 13.4. The lowest BCUT2D eigenvalue weighted by atomic mass is 10.2. The first-order chi connectivity index (χ1) is 12.0. The first-order valence-electron chi connectivity index (χ1n) is 7.12. The van der Waals surface area contributed by atoms with Crippen LogP contribution < -0.4 is 10.6 Å². The maximum absolute atomic E-state index is 13.7. The van der Waals surface area contributed by atoms with Crippen LogP contribution in [0.15, 0.2) is 54.9 Å². The first kappa shape index (κ1) is 16.8. The van der Waals surface area contributed by atoms with E-state index in [1.54, 1.807) is 24.3 Å². The van der Waals surface area contributed by atoms with Gasteiger partial charge in [0, 0.05) is 22.8 Å². The van der Waals surface area contributed by atoms with Crippen LogP contribution in [0.5, 0.6) is 0 Å². The molecule has 8 heteroatoms. The third-order valence-corrected chi connectivity index (χ3v) is 3.45. The number of nitrogens with one attached hydrogen (secondary N) is 2. The van der Waals surface area contributed by atoms with E-state index in [2.05, 4.69) is 20.6 Å². The average molecular weight is 361 g/mol. The van der Waals surface area contributed by atoms with Crippen molar-refractivity contribution in [3.05, 3.63) is 77.2 Å². The summed E-state index contributed by atoms with van der Waals surface area (Å²) in [7, 11) is 0. The van der Waals surface area contributed by atoms with Crippen molar-refractivity contribution in [3.63, 3.8) is 0 Å². The Morgan fingerprint density at radius 2 is 1.76 bits per heavy atom. The molecular formula is C17H11ClF2N4O. The monoisotopic (exact) mass is 360 g/mol. The van der Waals surface area contributed by atoms with Gasteiger partial charge in [-0.3, -0.25) is 4.79 Å². The number of benzene rings is 2. The van der Waals surface area contributed by atoms with E-state index in [4.69, 9.17) is 11.6 Å². The third kappa shape index (κ3) is 4.27. The SMILES string of the molecule is O=C(Nc1ccc(Cl)cc1)c1cc(Nc2ccc(F)cc2F)ncn1. The molecule has 2 N–H and O–H groups in total. The number of aromatic nitrogens is 2. The van der Waals surface area contributed by atoms with Gasteiger partial charge in [-0.1, -0.05) is 11.6 Å². The van der Waals surface area contributed by atoms with E-state index in [0.717, 1.165) is 12.1 Å². The van der Waals surface area contributed by atoms with E-state index >= 15 is 0 Å². The molecule has 0 saturated carbocycles. The summed E-state index contributed by atoms with van der Waals surface area (Å²) < 4.78 is 26.6. The molecule has 0 unspecified atom stereocenters. The molecule has 0 aliphatic rings. The number of carbonyl (C=O) groups excluding carboxylic acids is 1. The van der Waals surface area contributed by atoms with E-state index in [-0.39, 0.29) is 17.2 Å². The minimum Gasteiger partial charge on any atom is -0.338 e. The van der Waals surface area contributed by atoms with Crippen LogP contribution in [-0.4, -0.2) is 15.9 Å². The van der Waals surface area contributed by atoms with Crippen molar-refractivity contribution in [2.45, 2.75) is 0 Å². The molecule has 1 heterocycles. The molecule has 0 aliphatic heterocycles. The zero-order chi connectivity index (χ0) is 17.8. The lowest BCUT2D eigenvalue weighted by molar-refractivity contribution is 0.102. The summed E-state index contributed by atoms with van der Waals surface area (Å²) in [5.74, 6) is -1.73. The van der Waals surface area contributed by atoms with Crippen molar-refractivity contribution < 1.29 is 13.6 Å². The van der Waals surface area contributed by atoms with Gasteiger partial charge in [0.15, 0.2) is 0 Å². The number of anilines is 3. The Morgan fingerprint density at radius 1 is 1.00 bits per heavy atom. The summed E-state index contributed by atoms with van der Waals surface area (Å²) in [6.45, 7) is 0. The van der Waals surface area contributed by atoms with E-state index < -0.39 is 17.5 Å². The molecule has 1 aromatic heterocycles. The van der Waals surface area contributed by atoms with Crippen LogP contribution in [-0.2, 0) is 0 Å². The number of rotatable bonds is 4. The van der Waals surface area contributed by atoms with E-state index in [9.17, 15) is 13.6 Å². The van der Waals surface area contributed by atoms with Gasteiger partial charge in [-0.2, -0.15) is 0 Å². The summed E-state index contributed by atoms with van der Waals surface area (Å²) in [5.41, 5.74) is 0.659. The molecule has 0 atom stereocenters. The predicted octanol–water partition coefficient (Wildman–Crippen LogP) is 4.40. The van der Waals surface area contributed by atoms with Gasteiger partial charge in [0.25, 0.3) is 5.91 Å². The second-order valence-corrected chi connectivity index (χ2v) is 5.44. The highest BCUT2D eigenvalue weighted by molar-refractivity contribution is 6.30. The molecular weight excluding hydrogens is 350 g/mol. The molecule has 126 valence electrons. The summed E-state index contributed by atoms with van der Waals surface area (Å²) >= 11 is 5.79. The summed E-state index contributed by atoms with van der Waals surface area (Å²) in [5, 5.41) is 5.88. The van der Waals surface area contributed by atoms with Crippen molar-refractivity contribution in [3.8, 4) is 0 Å². The van der Waals surface area contributed by atoms with Crippen LogP contribution in [0.2, 0.25) is 5.02 Å². The Bertz CT molecular complexity index is 919. The summed E-state index contributed by atoms with van der Waals surface area (Å²) in [6, 6.07) is 11.0. The molecule has 25 heavy (non-hydrogen) atoms. The molecule has 0 aliphatic carbocycles. The van der Waals surface area contributed by atoms with Gasteiger partial charge in [-0.05, 0) is 36.4 Å². The molecule has 0 bridgehead atoms. The standard InChI is InChI=1S/C17H11ClF2N4O/c18-10-1-4-12(5-2-10)23-17(25)15-8-16(22-9-21-15)24-14-6-3-11(19)7-13(14)20/h1-9H,(H,23,25)(H,21,22,24). The third-order valence-electron chi connectivity index (χ3n) is 3.20. The topological polar surface area (TPSA) is 66.9 Å². The normalized spacial score (nSPS) is 10.4. The molecule has 2 aromatic carbocycles. The van der Waals surface area contributed by atoms with Crippen LogP contribution >= 0.6 is 11.6 Å². The van der Waals surface area contributed by atoms with Gasteiger partial charge in [0.1, 0.15) is 29.5 Å². The quantitative estimate of drug-likeness (QED) is 0.723. The average Bonchev–Trinajstić information content (AvgIpc) is 2.60. The molecule has 5 nitrogen and oxygen atoms in total. The Balaban J connectivity index is 1.76. The Kier molecular flexibility index (Phi) is 4.85. The molecule has 3 aromatic rings. The van der Waals surface area contributed by atoms with E-state index in [1.165, 1.54) is 18.5 Å². The fourth-order valence-corrected chi connectivity index (χ4v) is 2.13. The Hall–Kier alpha value is -3.06. The van der Waals surface area contributed by atoms with Crippen LogP contribution in [0.3, 0.4) is 0 Å². The van der Waals surface area contributed by atoms with Gasteiger partial charge in [0.05, 0.1) is 5.69 Å². The van der Waals surface area contributed by atoms with Gasteiger partial charge < -0.3 is 10.6 Å². The predicted molar refractivity (Wildman–Crippen MR) is 91.1 cm³/mol. The maximum Gasteiger partial charge on any atom is 0.274 e. The molecule has 0 radical (unpaired) electrons. The number of carbonyl (C=O) groups is 1. The minimum absolute atomic E-state index is 0.0316. The molecule has 1 amide bonds. The van der Waals surface area contributed by atoms with Gasteiger partial charge >= 0.3 is 0 Å². The minimum atomic E-state index is -0.772. The van der Waals surface area contributed by atoms with Gasteiger partial charge in [-0.15, -0.1) is 0 Å². The van der Waals surface area contributed by atoms with Crippen LogP contribution in [0.1, 0.15) is 10.5 Å². The molecule has 3 rings (SSSR count). The zero-order valence-electron chi connectivity index (χ0n) is 12.6. The molecule has 0 spiro atoms. The Morgan fingerprint density at radius 3 is 2.48 bits per heavy atom. The number of hydrogen-bond acceptors (Lipinski definition) is 4. The van der Waals surface area contributed by atoms with Crippen molar-refractivity contribution in [1.29, 1.82) is 0 Å². The smallest absolute Gasteiger partial charge is 0.274 e. The highest BCUT2D eigenvalue weighted by atomic mass is 35.5. The van der Waals surface area contributed by atoms with Gasteiger partial charge in [0.2, 0.25) is 0 Å². The first-order valence-corrected chi connectivity index (χ1v) is 7.50. The van der Waals surface area contributed by atoms with Crippen LogP contribution in [0.4, 0.5) is 26.0 Å². The molecule has 0 saturated heterocycles. The van der Waals surface area contributed by atoms with Crippen molar-refractivity contribution in [2.24, 2.45) is 0 Å². The largest absolute Gasteiger partial charge is 0.338 e. The Labute approximate surface area is 146 Å². The fraction of sp³-hybridized carbons (Fsp3) is 0. The second-order valence-electron chi connectivity index (χ2n) is 5.00. The van der Waals surface area contributed by atoms with Crippen molar-refractivity contribution in [1.82, 2.24) is 9.97 Å². The number of hydrogen-bond donors (Lipinski definition) is 2. The van der Waals surface area contributed by atoms with E-state index in [0.29, 0.717) is 10.7 Å². The number of amides is 1. The van der Waals surface area contributed by atoms with Crippen molar-refractivity contribution >= 4 is 34.7 Å². The highest BCUT2D eigenvalue weighted by Gasteiger charge is 2.11. The van der Waals surface area contributed by atoms with Crippen LogP contribution in [0, 0.1) is 11.6 Å². The van der Waals surface area contributed by atoms with E-state index in [1.807, 2.05) is 0 Å². The lowest BCUT2D eigenvalue weighted by Gasteiger charge is -2.08. The summed E-state index contributed by atoms with van der Waals surface area (Å²) in [6.07, 6.45) is 1.17. The second kappa shape index (κ2) is 7.23. The van der Waals surface area contributed by atoms with Crippen molar-refractivity contribution in [2.75, 3.05) is 10.6 Å². The fourth-order valence-electron chi connectivity index (χ4n) is 2.01. The number of halogens is 3. The van der Waals surface area contributed by atoms with Gasteiger partial charge in [-0.25, -0.2) is 18.7 Å². The summed E-state index contributed by atoms with van der Waals surface area (Å²) in [4.78, 5) is 20.0. The number of nitrogens with zero attached hydrogens (tertiary/aromatic N) is 2. The van der Waals surface area contributed by atoms with Crippen LogP contribution in [0.25, 0.3) is 0 Å². The highest BCUT2D eigenvalue weighted by Crippen LogP contribution is 2.20. The lowest BCUT2D eigenvalue weighted by Crippen LogP contribution is -2.14. The molecule has 0 fully saturated rings. The maximum atomic E-state index is 13.7.